The van der Waals surface area contributed by atoms with Gasteiger partial charge >= 0.3 is 5.97 Å². The molecule has 0 unspecified atom stereocenters. The number of rotatable bonds is 6. The summed E-state index contributed by atoms with van der Waals surface area (Å²) in [5, 5.41) is 6.71. The van der Waals surface area contributed by atoms with Crippen LogP contribution in [0.3, 0.4) is 0 Å². The molecule has 0 bridgehead atoms. The van der Waals surface area contributed by atoms with Gasteiger partial charge in [0, 0.05) is 30.2 Å². The summed E-state index contributed by atoms with van der Waals surface area (Å²) in [4.78, 5) is 33.4. The standard InChI is InChI=1S/C22H26N6O5S/c1-14-13-15(2)28-22(23-14)25-19(26-28)21(30)33-16(3)20(29)24-17-7-9-18(10-8-17)34(31,32)27-11-5-4-6-12-27/h7-10,13,16H,4-6,11-12H2,1-3H3,(H,24,29)/t16-/m1/s1. The molecule has 1 aromatic carbocycles. The Labute approximate surface area is 197 Å². The molecule has 180 valence electrons. The molecular weight excluding hydrogens is 460 g/mol. The van der Waals surface area contributed by atoms with Crippen LogP contribution in [-0.4, -0.2) is 63.4 Å². The third-order valence-corrected chi connectivity index (χ3v) is 7.44. The van der Waals surface area contributed by atoms with E-state index in [1.165, 1.54) is 40.0 Å². The number of hydrogen-bond acceptors (Lipinski definition) is 8. The van der Waals surface area contributed by atoms with E-state index in [1.54, 1.807) is 6.07 Å². The number of esters is 1. The van der Waals surface area contributed by atoms with Crippen molar-refractivity contribution in [3.63, 3.8) is 0 Å². The predicted molar refractivity (Wildman–Crippen MR) is 123 cm³/mol. The average Bonchev–Trinajstić information content (AvgIpc) is 3.24. The molecule has 1 amide bonds. The van der Waals surface area contributed by atoms with Gasteiger partial charge in [0.25, 0.3) is 17.5 Å². The zero-order valence-electron chi connectivity index (χ0n) is 19.2. The number of carbonyl (C=O) groups is 2. The summed E-state index contributed by atoms with van der Waals surface area (Å²) in [6, 6.07) is 7.71. The van der Waals surface area contributed by atoms with Crippen LogP contribution in [0, 0.1) is 13.8 Å². The average molecular weight is 487 g/mol. The van der Waals surface area contributed by atoms with Crippen molar-refractivity contribution < 1.29 is 22.7 Å². The van der Waals surface area contributed by atoms with E-state index < -0.39 is 28.0 Å². The van der Waals surface area contributed by atoms with Crippen LogP contribution in [0.25, 0.3) is 5.78 Å². The van der Waals surface area contributed by atoms with E-state index in [-0.39, 0.29) is 16.5 Å². The Bertz CT molecular complexity index is 1330. The molecule has 3 heterocycles. The lowest BCUT2D eigenvalue weighted by Gasteiger charge is -2.25. The van der Waals surface area contributed by atoms with Gasteiger partial charge in [0.15, 0.2) is 6.10 Å². The summed E-state index contributed by atoms with van der Waals surface area (Å²) in [6.07, 6.45) is 1.60. The van der Waals surface area contributed by atoms with Crippen molar-refractivity contribution in [1.29, 1.82) is 0 Å². The number of carbonyl (C=O) groups excluding carboxylic acids is 2. The molecule has 1 aliphatic heterocycles. The smallest absolute Gasteiger partial charge is 0.379 e. The van der Waals surface area contributed by atoms with Gasteiger partial charge in [-0.05, 0) is 63.9 Å². The number of sulfonamides is 1. The minimum atomic E-state index is -3.56. The Balaban J connectivity index is 1.38. The highest BCUT2D eigenvalue weighted by Gasteiger charge is 2.26. The molecule has 0 spiro atoms. The van der Waals surface area contributed by atoms with Gasteiger partial charge in [0.05, 0.1) is 4.90 Å². The van der Waals surface area contributed by atoms with E-state index in [9.17, 15) is 18.0 Å². The molecule has 2 aromatic heterocycles. The van der Waals surface area contributed by atoms with Gasteiger partial charge in [-0.3, -0.25) is 4.79 Å². The second-order valence-electron chi connectivity index (χ2n) is 8.21. The maximum Gasteiger partial charge on any atom is 0.379 e. The number of nitrogens with zero attached hydrogens (tertiary/aromatic N) is 5. The zero-order valence-corrected chi connectivity index (χ0v) is 20.0. The fourth-order valence-corrected chi connectivity index (χ4v) is 5.25. The SMILES string of the molecule is Cc1cc(C)n2nc(C(=O)O[C@H](C)C(=O)Nc3ccc(S(=O)(=O)N4CCCCC4)cc3)nc2n1. The van der Waals surface area contributed by atoms with Gasteiger partial charge in [-0.1, -0.05) is 6.42 Å². The van der Waals surface area contributed by atoms with E-state index in [0.29, 0.717) is 18.8 Å². The second kappa shape index (κ2) is 9.47. The van der Waals surface area contributed by atoms with E-state index in [1.807, 2.05) is 13.8 Å². The minimum absolute atomic E-state index is 0.170. The van der Waals surface area contributed by atoms with E-state index in [4.69, 9.17) is 4.74 Å². The first kappa shape index (κ1) is 23.8. The van der Waals surface area contributed by atoms with Crippen LogP contribution < -0.4 is 5.32 Å². The lowest BCUT2D eigenvalue weighted by atomic mass is 10.2. The molecule has 1 fully saturated rings. The molecule has 34 heavy (non-hydrogen) atoms. The van der Waals surface area contributed by atoms with Crippen LogP contribution in [0.15, 0.2) is 35.2 Å². The quantitative estimate of drug-likeness (QED) is 0.523. The fraction of sp³-hybridized carbons (Fsp3) is 0.409. The van der Waals surface area contributed by atoms with Crippen LogP contribution in [-0.2, 0) is 19.6 Å². The van der Waals surface area contributed by atoms with Crippen LogP contribution in [0.1, 0.15) is 48.2 Å². The van der Waals surface area contributed by atoms with Crippen molar-refractivity contribution in [3.05, 3.63) is 47.5 Å². The number of piperidine rings is 1. The molecule has 12 heteroatoms. The minimum Gasteiger partial charge on any atom is -0.447 e. The molecular formula is C22H26N6O5S. The largest absolute Gasteiger partial charge is 0.447 e. The van der Waals surface area contributed by atoms with Crippen molar-refractivity contribution in [2.45, 2.75) is 51.0 Å². The van der Waals surface area contributed by atoms with Crippen LogP contribution in [0.5, 0.6) is 0 Å². The number of amides is 1. The highest BCUT2D eigenvalue weighted by atomic mass is 32.2. The van der Waals surface area contributed by atoms with Gasteiger partial charge in [-0.2, -0.15) is 9.29 Å². The molecule has 1 atom stereocenters. The Hall–Kier alpha value is -3.38. The first-order valence-electron chi connectivity index (χ1n) is 11.0. The highest BCUT2D eigenvalue weighted by molar-refractivity contribution is 7.89. The topological polar surface area (TPSA) is 136 Å². The number of nitrogens with one attached hydrogen (secondary N) is 1. The van der Waals surface area contributed by atoms with Crippen molar-refractivity contribution in [2.75, 3.05) is 18.4 Å². The molecule has 0 radical (unpaired) electrons. The third kappa shape index (κ3) is 4.92. The predicted octanol–water partition coefficient (Wildman–Crippen LogP) is 2.10. The third-order valence-electron chi connectivity index (χ3n) is 5.53. The number of anilines is 1. The maximum absolute atomic E-state index is 12.8. The lowest BCUT2D eigenvalue weighted by Crippen LogP contribution is -2.35. The van der Waals surface area contributed by atoms with E-state index in [0.717, 1.165) is 30.7 Å². The summed E-state index contributed by atoms with van der Waals surface area (Å²) < 4.78 is 33.6. The normalized spacial score (nSPS) is 15.7. The monoisotopic (exact) mass is 486 g/mol. The molecule has 1 N–H and O–H groups in total. The number of aryl methyl sites for hydroxylation is 2. The van der Waals surface area contributed by atoms with Crippen molar-refractivity contribution >= 4 is 33.4 Å². The number of fused-ring (bicyclic) bond motifs is 1. The van der Waals surface area contributed by atoms with Gasteiger partial charge in [0.1, 0.15) is 0 Å². The Morgan fingerprint density at radius 3 is 2.41 bits per heavy atom. The van der Waals surface area contributed by atoms with E-state index in [2.05, 4.69) is 20.4 Å². The molecule has 0 aliphatic carbocycles. The van der Waals surface area contributed by atoms with Gasteiger partial charge in [-0.15, -0.1) is 5.10 Å². The Kier molecular flexibility index (Phi) is 6.62. The molecule has 3 aromatic rings. The highest BCUT2D eigenvalue weighted by Crippen LogP contribution is 2.22. The molecule has 1 aliphatic rings. The van der Waals surface area contributed by atoms with Crippen molar-refractivity contribution in [2.24, 2.45) is 0 Å². The molecule has 4 rings (SSSR count). The van der Waals surface area contributed by atoms with Gasteiger partial charge in [-0.25, -0.2) is 22.7 Å². The maximum atomic E-state index is 12.8. The van der Waals surface area contributed by atoms with Crippen molar-refractivity contribution in [3.8, 4) is 0 Å². The van der Waals surface area contributed by atoms with E-state index >= 15 is 0 Å². The lowest BCUT2D eigenvalue weighted by molar-refractivity contribution is -0.123. The first-order chi connectivity index (χ1) is 16.1. The van der Waals surface area contributed by atoms with Gasteiger partial charge in [0.2, 0.25) is 10.0 Å². The summed E-state index contributed by atoms with van der Waals surface area (Å²) in [7, 11) is -3.56. The van der Waals surface area contributed by atoms with Crippen LogP contribution in [0.4, 0.5) is 5.69 Å². The summed E-state index contributed by atoms with van der Waals surface area (Å²) >= 11 is 0. The number of hydrogen-bond donors (Lipinski definition) is 1. The Morgan fingerprint density at radius 1 is 1.06 bits per heavy atom. The number of benzene rings is 1. The molecule has 0 saturated carbocycles. The zero-order chi connectivity index (χ0) is 24.5. The summed E-state index contributed by atoms with van der Waals surface area (Å²) in [5.74, 6) is -1.36. The summed E-state index contributed by atoms with van der Waals surface area (Å²) in [6.45, 7) is 6.07. The summed E-state index contributed by atoms with van der Waals surface area (Å²) in [5.41, 5.74) is 1.87. The Morgan fingerprint density at radius 2 is 1.74 bits per heavy atom. The van der Waals surface area contributed by atoms with Crippen LogP contribution in [0.2, 0.25) is 0 Å². The number of ether oxygens (including phenoxy) is 1. The van der Waals surface area contributed by atoms with Crippen molar-refractivity contribution in [1.82, 2.24) is 23.9 Å². The first-order valence-corrected chi connectivity index (χ1v) is 12.4. The van der Waals surface area contributed by atoms with Gasteiger partial charge < -0.3 is 10.1 Å². The molecule has 11 nitrogen and oxygen atoms in total. The van der Waals surface area contributed by atoms with Crippen LogP contribution >= 0.6 is 0 Å². The second-order valence-corrected chi connectivity index (χ2v) is 10.1. The fourth-order valence-electron chi connectivity index (χ4n) is 3.73. The number of aromatic nitrogens is 4. The molecule has 1 saturated heterocycles.